The Kier molecular flexibility index (Phi) is 18.8. The van der Waals surface area contributed by atoms with Crippen molar-refractivity contribution in [3.8, 4) is 0 Å². The van der Waals surface area contributed by atoms with Crippen molar-refractivity contribution in [2.75, 3.05) is 40.0 Å². The van der Waals surface area contributed by atoms with E-state index in [4.69, 9.17) is 14.2 Å². The maximum atomic E-state index is 13.0. The van der Waals surface area contributed by atoms with Crippen LogP contribution in [0.1, 0.15) is 142 Å². The van der Waals surface area contributed by atoms with Gasteiger partial charge in [0.1, 0.15) is 19.8 Å². The zero-order chi connectivity index (χ0) is 33.7. The summed E-state index contributed by atoms with van der Waals surface area (Å²) in [6, 6.07) is 0. The van der Waals surface area contributed by atoms with Crippen molar-refractivity contribution in [1.29, 1.82) is 0 Å². The summed E-state index contributed by atoms with van der Waals surface area (Å²) in [4.78, 5) is 39.9. The number of esters is 3. The lowest BCUT2D eigenvalue weighted by atomic mass is 9.49. The van der Waals surface area contributed by atoms with Crippen molar-refractivity contribution < 1.29 is 28.6 Å². The Morgan fingerprint density at radius 1 is 0.681 bits per heavy atom. The Bertz CT molecular complexity index is 938. The number of ether oxygens (including phenoxy) is 3. The van der Waals surface area contributed by atoms with Gasteiger partial charge in [-0.1, -0.05) is 70.3 Å². The minimum Gasteiger partial charge on any atom is -0.465 e. The molecule has 47 heavy (non-hydrogen) atoms. The fourth-order valence-corrected chi connectivity index (χ4v) is 8.52. The number of nitrogens with zero attached hydrogens (tertiary/aromatic N) is 1. The summed E-state index contributed by atoms with van der Waals surface area (Å²) >= 11 is 0. The molecular weight excluding hydrogens is 590 g/mol. The number of rotatable bonds is 26. The van der Waals surface area contributed by atoms with Gasteiger partial charge in [0.2, 0.25) is 0 Å². The average Bonchev–Trinajstić information content (AvgIpc) is 3.01. The lowest BCUT2D eigenvalue weighted by Crippen LogP contribution is -2.47. The number of hydrogen-bond donors (Lipinski definition) is 0. The molecule has 1 unspecified atom stereocenters. The molecule has 0 spiro atoms. The van der Waals surface area contributed by atoms with Gasteiger partial charge in [0.25, 0.3) is 0 Å². The van der Waals surface area contributed by atoms with Crippen LogP contribution < -0.4 is 0 Å². The summed E-state index contributed by atoms with van der Waals surface area (Å²) in [5, 5.41) is 0. The molecule has 0 aromatic heterocycles. The number of hydrogen-bond acceptors (Lipinski definition) is 7. The highest BCUT2D eigenvalue weighted by Crippen LogP contribution is 2.61. The van der Waals surface area contributed by atoms with E-state index in [-0.39, 0.29) is 55.6 Å². The van der Waals surface area contributed by atoms with Crippen molar-refractivity contribution in [2.45, 2.75) is 142 Å². The van der Waals surface area contributed by atoms with E-state index < -0.39 is 0 Å². The molecule has 0 radical (unpaired) electrons. The highest BCUT2D eigenvalue weighted by molar-refractivity contribution is 5.72. The van der Waals surface area contributed by atoms with Gasteiger partial charge in [-0.3, -0.25) is 19.3 Å². The van der Waals surface area contributed by atoms with E-state index in [1.807, 2.05) is 11.9 Å². The molecular formula is C40H67NO6. The van der Waals surface area contributed by atoms with E-state index >= 15 is 0 Å². The standard InChI is InChI=1S/C40H67NO6/c1-4-6-7-8-9-10-11-12-13-14-15-16-17-18-19-20-37(42)45-30-36(32-47-39(44)29-41(3)21-5-2)31-46-38(43)28-40-25-33-22-34(26-40)24-35(23-33)27-40/h9-10,12-13,33-36H,4-8,11,14-32H2,1-3H3/b10-9-,13-12-. The molecule has 4 fully saturated rings. The summed E-state index contributed by atoms with van der Waals surface area (Å²) in [5.41, 5.74) is 0.117. The van der Waals surface area contributed by atoms with E-state index in [0.29, 0.717) is 12.8 Å². The molecule has 0 aromatic rings. The molecule has 0 saturated heterocycles. The maximum absolute atomic E-state index is 13.0. The van der Waals surface area contributed by atoms with Crippen molar-refractivity contribution in [1.82, 2.24) is 4.90 Å². The third kappa shape index (κ3) is 16.2. The summed E-state index contributed by atoms with van der Waals surface area (Å²) in [6.45, 7) is 5.58. The SMILES string of the molecule is CCCCC/C=C\C/C=C\CCCCCCCC(=O)OCC(COC(=O)CN(C)CCC)COC(=O)CC12CC3CC(CC(C3)C1)C2. The van der Waals surface area contributed by atoms with Gasteiger partial charge >= 0.3 is 17.9 Å². The first kappa shape index (κ1) is 39.3. The Labute approximate surface area is 286 Å². The third-order valence-electron chi connectivity index (χ3n) is 10.5. The predicted octanol–water partition coefficient (Wildman–Crippen LogP) is 8.99. The molecule has 0 aromatic carbocycles. The molecule has 0 heterocycles. The van der Waals surface area contributed by atoms with Gasteiger partial charge in [-0.15, -0.1) is 0 Å². The summed E-state index contributed by atoms with van der Waals surface area (Å²) < 4.78 is 16.9. The summed E-state index contributed by atoms with van der Waals surface area (Å²) in [7, 11) is 1.89. The number of carbonyl (C=O) groups excluding carboxylic acids is 3. The zero-order valence-corrected chi connectivity index (χ0v) is 30.2. The monoisotopic (exact) mass is 657 g/mol. The maximum Gasteiger partial charge on any atom is 0.320 e. The van der Waals surface area contributed by atoms with Crippen molar-refractivity contribution in [2.24, 2.45) is 29.1 Å². The summed E-state index contributed by atoms with van der Waals surface area (Å²) in [6.07, 6.45) is 30.9. The van der Waals surface area contributed by atoms with Crippen LogP contribution in [-0.4, -0.2) is 62.8 Å². The minimum atomic E-state index is -0.371. The Morgan fingerprint density at radius 3 is 1.81 bits per heavy atom. The van der Waals surface area contributed by atoms with Gasteiger partial charge in [-0.05, 0) is 120 Å². The normalized spacial score (nSPS) is 24.0. The largest absolute Gasteiger partial charge is 0.465 e. The molecule has 0 aliphatic heterocycles. The number of allylic oxidation sites excluding steroid dienone is 4. The fourth-order valence-electron chi connectivity index (χ4n) is 8.52. The quantitative estimate of drug-likeness (QED) is 0.0397. The van der Waals surface area contributed by atoms with E-state index in [9.17, 15) is 14.4 Å². The fraction of sp³-hybridized carbons (Fsp3) is 0.825. The molecule has 0 amide bonds. The highest BCUT2D eigenvalue weighted by atomic mass is 16.6. The minimum absolute atomic E-state index is 0.0699. The van der Waals surface area contributed by atoms with Gasteiger partial charge in [0, 0.05) is 6.42 Å². The van der Waals surface area contributed by atoms with Gasteiger partial charge in [0.05, 0.1) is 18.9 Å². The van der Waals surface area contributed by atoms with Crippen molar-refractivity contribution >= 4 is 17.9 Å². The lowest BCUT2D eigenvalue weighted by molar-refractivity contribution is -0.157. The zero-order valence-electron chi connectivity index (χ0n) is 30.2. The molecule has 4 aliphatic carbocycles. The second-order valence-corrected chi connectivity index (χ2v) is 15.2. The lowest BCUT2D eigenvalue weighted by Gasteiger charge is -2.56. The van der Waals surface area contributed by atoms with Gasteiger partial charge in [-0.25, -0.2) is 0 Å². The van der Waals surface area contributed by atoms with E-state index in [1.54, 1.807) is 0 Å². The first-order chi connectivity index (χ1) is 22.8. The van der Waals surface area contributed by atoms with Gasteiger partial charge in [-0.2, -0.15) is 0 Å². The van der Waals surface area contributed by atoms with Crippen LogP contribution in [0.5, 0.6) is 0 Å². The molecule has 4 aliphatic rings. The number of likely N-dealkylation sites (N-methyl/N-ethyl adjacent to an activating group) is 1. The Morgan fingerprint density at radius 2 is 1.21 bits per heavy atom. The van der Waals surface area contributed by atoms with Crippen LogP contribution in [0, 0.1) is 29.1 Å². The molecule has 4 saturated carbocycles. The van der Waals surface area contributed by atoms with Crippen LogP contribution in [-0.2, 0) is 28.6 Å². The Balaban J connectivity index is 1.30. The van der Waals surface area contributed by atoms with Crippen LogP contribution in [0.25, 0.3) is 0 Å². The number of unbranched alkanes of at least 4 members (excludes halogenated alkanes) is 8. The van der Waals surface area contributed by atoms with E-state index in [2.05, 4.69) is 38.2 Å². The molecule has 4 bridgehead atoms. The topological polar surface area (TPSA) is 82.1 Å². The highest BCUT2D eigenvalue weighted by Gasteiger charge is 2.51. The predicted molar refractivity (Wildman–Crippen MR) is 189 cm³/mol. The molecule has 268 valence electrons. The van der Waals surface area contributed by atoms with Crippen LogP contribution in [0.2, 0.25) is 0 Å². The van der Waals surface area contributed by atoms with E-state index in [0.717, 1.165) is 82.1 Å². The van der Waals surface area contributed by atoms with E-state index in [1.165, 1.54) is 57.8 Å². The Hall–Kier alpha value is -2.15. The van der Waals surface area contributed by atoms with Crippen LogP contribution >= 0.6 is 0 Å². The van der Waals surface area contributed by atoms with Gasteiger partial charge in [0.15, 0.2) is 0 Å². The first-order valence-corrected chi connectivity index (χ1v) is 19.3. The summed E-state index contributed by atoms with van der Waals surface area (Å²) in [5.74, 6) is 1.26. The third-order valence-corrected chi connectivity index (χ3v) is 10.5. The second kappa shape index (κ2) is 22.5. The molecule has 4 rings (SSSR count). The molecule has 7 heteroatoms. The first-order valence-electron chi connectivity index (χ1n) is 19.3. The van der Waals surface area contributed by atoms with Crippen LogP contribution in [0.15, 0.2) is 24.3 Å². The van der Waals surface area contributed by atoms with Gasteiger partial charge < -0.3 is 14.2 Å². The average molecular weight is 658 g/mol. The molecule has 0 N–H and O–H groups in total. The molecule has 7 nitrogen and oxygen atoms in total. The van der Waals surface area contributed by atoms with Crippen LogP contribution in [0.3, 0.4) is 0 Å². The smallest absolute Gasteiger partial charge is 0.320 e. The molecule has 1 atom stereocenters. The second-order valence-electron chi connectivity index (χ2n) is 15.2. The number of carbonyl (C=O) groups is 3. The van der Waals surface area contributed by atoms with Crippen molar-refractivity contribution in [3.63, 3.8) is 0 Å². The van der Waals surface area contributed by atoms with Crippen molar-refractivity contribution in [3.05, 3.63) is 24.3 Å². The van der Waals surface area contributed by atoms with Crippen LogP contribution in [0.4, 0.5) is 0 Å².